The zero-order valence-electron chi connectivity index (χ0n) is 9.16. The minimum atomic E-state index is -0.447. The largest absolute Gasteiger partial charge is 0.368 e. The Morgan fingerprint density at radius 1 is 0.833 bits per heavy atom. The normalized spacial score (nSPS) is 13.4. The Balaban J connectivity index is 2.33. The van der Waals surface area contributed by atoms with Crippen LogP contribution in [-0.4, -0.2) is 16.0 Å². The van der Waals surface area contributed by atoms with Crippen LogP contribution in [0.15, 0.2) is 46.6 Å². The van der Waals surface area contributed by atoms with Crippen LogP contribution in [0, 0.1) is 0 Å². The van der Waals surface area contributed by atoms with Crippen molar-refractivity contribution in [1.82, 2.24) is 9.97 Å². The maximum Gasteiger partial charge on any atom is 0.368 e. The molecule has 4 rings (SSSR count). The number of benzene rings is 2. The molecule has 5 heteroatoms. The molecule has 0 aliphatic carbocycles. The third-order valence-electron chi connectivity index (χ3n) is 3.01. The Morgan fingerprint density at radius 2 is 1.67 bits per heavy atom. The lowest BCUT2D eigenvalue weighted by molar-refractivity contribution is 0.257. The van der Waals surface area contributed by atoms with Crippen LogP contribution >= 0.6 is 0 Å². The predicted octanol–water partition coefficient (Wildman–Crippen LogP) is 1.16. The van der Waals surface area contributed by atoms with E-state index in [4.69, 9.17) is 0 Å². The van der Waals surface area contributed by atoms with E-state index in [9.17, 15) is 4.79 Å². The highest BCUT2D eigenvalue weighted by atomic mass is 16.2. The number of amides is 2. The molecule has 0 spiro atoms. The van der Waals surface area contributed by atoms with E-state index >= 15 is 0 Å². The molecule has 0 N–H and O–H groups in total. The monoisotopic (exact) mass is 234 g/mol. The lowest BCUT2D eigenvalue weighted by Crippen LogP contribution is -2.22. The molecule has 1 aliphatic rings. The molecule has 0 bridgehead atoms. The highest BCUT2D eigenvalue weighted by molar-refractivity contribution is 6.03. The van der Waals surface area contributed by atoms with Crippen molar-refractivity contribution in [2.24, 2.45) is 9.98 Å². The van der Waals surface area contributed by atoms with Crippen molar-refractivity contribution < 1.29 is 4.79 Å². The van der Waals surface area contributed by atoms with Crippen molar-refractivity contribution in [3.05, 3.63) is 47.4 Å². The number of nitrogens with zero attached hydrogens (tertiary/aromatic N) is 4. The van der Waals surface area contributed by atoms with E-state index in [1.54, 1.807) is 18.5 Å². The average Bonchev–Trinajstić information content (AvgIpc) is 2.79. The van der Waals surface area contributed by atoms with Crippen molar-refractivity contribution in [2.75, 3.05) is 0 Å². The number of carbonyl (C=O) groups is 1. The van der Waals surface area contributed by atoms with Crippen molar-refractivity contribution in [1.29, 1.82) is 0 Å². The molecular formula is C13H6N4O. The molecule has 84 valence electrons. The second-order valence-electron chi connectivity index (χ2n) is 4.02. The smallest absolute Gasteiger partial charge is 0.253 e. The van der Waals surface area contributed by atoms with Gasteiger partial charge in [0, 0.05) is 23.2 Å². The minimum absolute atomic E-state index is 0.447. The van der Waals surface area contributed by atoms with Crippen LogP contribution in [0.3, 0.4) is 0 Å². The van der Waals surface area contributed by atoms with Crippen molar-refractivity contribution in [2.45, 2.75) is 0 Å². The second-order valence-corrected chi connectivity index (χ2v) is 4.02. The lowest BCUT2D eigenvalue weighted by atomic mass is 10.1. The topological polar surface area (TPSA) is 67.6 Å². The van der Waals surface area contributed by atoms with Crippen LogP contribution in [-0.2, 0) is 0 Å². The van der Waals surface area contributed by atoms with Crippen LogP contribution in [0.4, 0.5) is 4.79 Å². The number of hydrogen-bond donors (Lipinski definition) is 0. The Labute approximate surface area is 101 Å². The quantitative estimate of drug-likeness (QED) is 0.548. The molecule has 0 fully saturated rings. The molecule has 2 aromatic carbocycles. The lowest BCUT2D eigenvalue weighted by Gasteiger charge is -2.01. The summed E-state index contributed by atoms with van der Waals surface area (Å²) in [6, 6.07) is 7.03. The molecule has 0 atom stereocenters. The first kappa shape index (κ1) is 9.35. The van der Waals surface area contributed by atoms with Crippen molar-refractivity contribution in [3.8, 4) is 0 Å². The molecule has 2 amide bonds. The predicted molar refractivity (Wildman–Crippen MR) is 64.8 cm³/mol. The minimum Gasteiger partial charge on any atom is -0.253 e. The van der Waals surface area contributed by atoms with Crippen molar-refractivity contribution >= 4 is 27.8 Å². The van der Waals surface area contributed by atoms with E-state index in [-0.39, 0.29) is 0 Å². The van der Waals surface area contributed by atoms with Crippen molar-refractivity contribution in [3.63, 3.8) is 0 Å². The van der Waals surface area contributed by atoms with E-state index in [0.29, 0.717) is 10.7 Å². The van der Waals surface area contributed by atoms with Gasteiger partial charge in [-0.3, -0.25) is 9.97 Å². The van der Waals surface area contributed by atoms with Crippen LogP contribution in [0.2, 0.25) is 0 Å². The van der Waals surface area contributed by atoms with Gasteiger partial charge in [-0.05, 0) is 24.3 Å². The first-order valence-electron chi connectivity index (χ1n) is 5.47. The van der Waals surface area contributed by atoms with Gasteiger partial charge in [-0.25, -0.2) is 4.79 Å². The van der Waals surface area contributed by atoms with Crippen LogP contribution < -0.4 is 10.7 Å². The van der Waals surface area contributed by atoms with Gasteiger partial charge in [0.2, 0.25) is 0 Å². The summed E-state index contributed by atoms with van der Waals surface area (Å²) in [4.78, 5) is 27.6. The maximum atomic E-state index is 11.2. The molecular weight excluding hydrogens is 228 g/mol. The molecule has 3 aromatic rings. The molecule has 0 saturated heterocycles. The van der Waals surface area contributed by atoms with Gasteiger partial charge in [0.05, 0.1) is 16.4 Å². The molecule has 18 heavy (non-hydrogen) atoms. The zero-order valence-corrected chi connectivity index (χ0v) is 9.16. The van der Waals surface area contributed by atoms with Gasteiger partial charge in [0.15, 0.2) is 0 Å². The van der Waals surface area contributed by atoms with E-state index in [1.165, 1.54) is 0 Å². The molecule has 1 aromatic heterocycles. The Morgan fingerprint density at radius 3 is 2.61 bits per heavy atom. The van der Waals surface area contributed by atoms with Crippen LogP contribution in [0.1, 0.15) is 0 Å². The van der Waals surface area contributed by atoms with Gasteiger partial charge >= 0.3 is 6.03 Å². The molecule has 0 radical (unpaired) electrons. The SMILES string of the molecule is O=C1N=c2ccc3c(ccc4nccnc43)c2=N1. The van der Waals surface area contributed by atoms with E-state index < -0.39 is 6.03 Å². The molecule has 5 nitrogen and oxygen atoms in total. The summed E-state index contributed by atoms with van der Waals surface area (Å²) < 4.78 is 0. The molecule has 2 heterocycles. The second kappa shape index (κ2) is 3.16. The first-order chi connectivity index (χ1) is 8.83. The van der Waals surface area contributed by atoms with Gasteiger partial charge in [-0.15, -0.1) is 0 Å². The molecule has 0 saturated carbocycles. The number of fused-ring (bicyclic) bond motifs is 5. The van der Waals surface area contributed by atoms with Crippen LogP contribution in [0.5, 0.6) is 0 Å². The fraction of sp³-hybridized carbons (Fsp3) is 0. The molecule has 0 unspecified atom stereocenters. The molecule has 1 aliphatic heterocycles. The third-order valence-corrected chi connectivity index (χ3v) is 3.01. The van der Waals surface area contributed by atoms with Crippen LogP contribution in [0.25, 0.3) is 21.8 Å². The summed E-state index contributed by atoms with van der Waals surface area (Å²) >= 11 is 0. The first-order valence-corrected chi connectivity index (χ1v) is 5.47. The highest BCUT2D eigenvalue weighted by Gasteiger charge is 2.10. The summed E-state index contributed by atoms with van der Waals surface area (Å²) in [6.45, 7) is 0. The highest BCUT2D eigenvalue weighted by Crippen LogP contribution is 2.18. The summed E-state index contributed by atoms with van der Waals surface area (Å²) in [6.07, 6.45) is 3.31. The average molecular weight is 234 g/mol. The van der Waals surface area contributed by atoms with E-state index in [1.807, 2.05) is 18.2 Å². The fourth-order valence-corrected chi connectivity index (χ4v) is 2.24. The Hall–Kier alpha value is -2.69. The number of rotatable bonds is 0. The maximum absolute atomic E-state index is 11.2. The van der Waals surface area contributed by atoms with Gasteiger partial charge in [0.1, 0.15) is 5.36 Å². The van der Waals surface area contributed by atoms with Gasteiger partial charge in [0.25, 0.3) is 0 Å². The van der Waals surface area contributed by atoms with Gasteiger partial charge in [-0.2, -0.15) is 9.98 Å². The number of urea groups is 1. The van der Waals surface area contributed by atoms with E-state index in [0.717, 1.165) is 21.8 Å². The third kappa shape index (κ3) is 1.13. The standard InChI is InChI=1S/C13H6N4O/c18-13-16-10-4-2-7-8(12(10)17-13)1-3-9-11(7)15-6-5-14-9/h1-6H. The summed E-state index contributed by atoms with van der Waals surface area (Å²) in [5.74, 6) is 0. The number of aromatic nitrogens is 2. The van der Waals surface area contributed by atoms with Gasteiger partial charge < -0.3 is 0 Å². The zero-order chi connectivity index (χ0) is 12.1. The van der Waals surface area contributed by atoms with E-state index in [2.05, 4.69) is 20.0 Å². The Bertz CT molecular complexity index is 946. The Kier molecular flexibility index (Phi) is 1.64. The summed E-state index contributed by atoms with van der Waals surface area (Å²) in [5.41, 5.74) is 1.64. The number of carbonyl (C=O) groups excluding carboxylic acids is 1. The van der Waals surface area contributed by atoms with Gasteiger partial charge in [-0.1, -0.05) is 0 Å². The fourth-order valence-electron chi connectivity index (χ4n) is 2.24. The number of hydrogen-bond acceptors (Lipinski definition) is 3. The summed E-state index contributed by atoms with van der Waals surface area (Å²) in [7, 11) is 0. The summed E-state index contributed by atoms with van der Waals surface area (Å²) in [5, 5.41) is 3.07.